The standard InChI is InChI=1S/C22H20N2O4S2/c1-15-6-8-16(9-7-15)14-24-19-10-11-29-22(19)21(25)20(30(24,26)27)13-23-17-4-3-5-18(12-17)28-2/h3-13,23H,14H2,1-2H3/b20-13-. The molecule has 0 spiro atoms. The number of rotatable bonds is 5. The number of allylic oxidation sites excluding steroid dienone is 1. The lowest BCUT2D eigenvalue weighted by Crippen LogP contribution is -2.38. The molecule has 0 bridgehead atoms. The van der Waals surface area contributed by atoms with Gasteiger partial charge >= 0.3 is 0 Å². The second-order valence-electron chi connectivity index (χ2n) is 6.85. The van der Waals surface area contributed by atoms with Crippen molar-refractivity contribution in [3.05, 3.63) is 87.1 Å². The number of thiophene rings is 1. The number of anilines is 2. The van der Waals surface area contributed by atoms with Crippen LogP contribution in [-0.2, 0) is 16.6 Å². The highest BCUT2D eigenvalue weighted by molar-refractivity contribution is 7.97. The van der Waals surface area contributed by atoms with Crippen molar-refractivity contribution in [1.82, 2.24) is 0 Å². The molecule has 0 saturated carbocycles. The van der Waals surface area contributed by atoms with Crippen molar-refractivity contribution in [3.8, 4) is 5.75 Å². The number of aryl methyl sites for hydroxylation is 1. The smallest absolute Gasteiger partial charge is 0.270 e. The Bertz CT molecular complexity index is 1230. The van der Waals surface area contributed by atoms with E-state index in [-0.39, 0.29) is 11.4 Å². The average Bonchev–Trinajstić information content (AvgIpc) is 3.22. The number of fused-ring (bicyclic) bond motifs is 1. The number of nitrogens with one attached hydrogen (secondary N) is 1. The highest BCUT2D eigenvalue weighted by atomic mass is 32.2. The molecule has 8 heteroatoms. The molecule has 0 unspecified atom stereocenters. The summed E-state index contributed by atoms with van der Waals surface area (Å²) in [6.45, 7) is 2.12. The Kier molecular flexibility index (Phi) is 5.36. The van der Waals surface area contributed by atoms with E-state index in [4.69, 9.17) is 4.74 Å². The third kappa shape index (κ3) is 3.71. The number of nitrogens with zero attached hydrogens (tertiary/aromatic N) is 1. The number of ketones is 1. The maximum atomic E-state index is 13.4. The molecule has 2 aromatic carbocycles. The van der Waals surface area contributed by atoms with E-state index in [1.54, 1.807) is 42.8 Å². The molecule has 154 valence electrons. The first-order chi connectivity index (χ1) is 14.4. The van der Waals surface area contributed by atoms with Gasteiger partial charge in [0.25, 0.3) is 10.0 Å². The summed E-state index contributed by atoms with van der Waals surface area (Å²) in [6, 6.07) is 16.4. The van der Waals surface area contributed by atoms with Crippen molar-refractivity contribution in [2.24, 2.45) is 0 Å². The normalized spacial score (nSPS) is 16.4. The minimum atomic E-state index is -4.03. The van der Waals surface area contributed by atoms with Crippen molar-refractivity contribution in [2.45, 2.75) is 13.5 Å². The molecule has 2 heterocycles. The highest BCUT2D eigenvalue weighted by Gasteiger charge is 2.41. The second kappa shape index (κ2) is 7.97. The predicted molar refractivity (Wildman–Crippen MR) is 120 cm³/mol. The summed E-state index contributed by atoms with van der Waals surface area (Å²) in [4.78, 5) is 13.1. The number of hydrogen-bond acceptors (Lipinski definition) is 6. The van der Waals surface area contributed by atoms with Crippen molar-refractivity contribution in [2.75, 3.05) is 16.7 Å². The van der Waals surface area contributed by atoms with E-state index >= 15 is 0 Å². The van der Waals surface area contributed by atoms with Crippen LogP contribution in [0.5, 0.6) is 5.75 Å². The summed E-state index contributed by atoms with van der Waals surface area (Å²) < 4.78 is 33.2. The first-order valence-electron chi connectivity index (χ1n) is 9.21. The van der Waals surface area contributed by atoms with Crippen LogP contribution in [0.1, 0.15) is 20.8 Å². The maximum Gasteiger partial charge on any atom is 0.270 e. The Balaban J connectivity index is 1.72. The maximum absolute atomic E-state index is 13.4. The quantitative estimate of drug-likeness (QED) is 0.589. The Morgan fingerprint density at radius 2 is 1.90 bits per heavy atom. The third-order valence-corrected chi connectivity index (χ3v) is 7.47. The third-order valence-electron chi connectivity index (χ3n) is 4.80. The van der Waals surface area contributed by atoms with Gasteiger partial charge in [0.15, 0.2) is 4.91 Å². The lowest BCUT2D eigenvalue weighted by atomic mass is 10.1. The highest BCUT2D eigenvalue weighted by Crippen LogP contribution is 2.39. The van der Waals surface area contributed by atoms with Gasteiger partial charge in [0.1, 0.15) is 10.6 Å². The van der Waals surface area contributed by atoms with Gasteiger partial charge in [-0.15, -0.1) is 11.3 Å². The first kappa shape index (κ1) is 20.2. The van der Waals surface area contributed by atoms with Crippen molar-refractivity contribution in [1.29, 1.82) is 0 Å². The zero-order valence-corrected chi connectivity index (χ0v) is 18.1. The van der Waals surface area contributed by atoms with Crippen LogP contribution >= 0.6 is 11.3 Å². The number of sulfonamides is 1. The van der Waals surface area contributed by atoms with Crippen molar-refractivity contribution >= 4 is 38.5 Å². The molecule has 0 radical (unpaired) electrons. The number of ether oxygens (including phenoxy) is 1. The largest absolute Gasteiger partial charge is 0.497 e. The molecule has 1 N–H and O–H groups in total. The number of methoxy groups -OCH3 is 1. The predicted octanol–water partition coefficient (Wildman–Crippen LogP) is 4.55. The topological polar surface area (TPSA) is 75.7 Å². The van der Waals surface area contributed by atoms with Crippen LogP contribution in [0.25, 0.3) is 0 Å². The van der Waals surface area contributed by atoms with Gasteiger partial charge in [0, 0.05) is 18.0 Å². The van der Waals surface area contributed by atoms with E-state index in [1.807, 2.05) is 31.2 Å². The van der Waals surface area contributed by atoms with Crippen LogP contribution in [0, 0.1) is 6.92 Å². The van der Waals surface area contributed by atoms with Crippen LogP contribution in [-0.4, -0.2) is 21.3 Å². The van der Waals surface area contributed by atoms with Crippen LogP contribution in [0.15, 0.2) is 71.1 Å². The second-order valence-corrected chi connectivity index (χ2v) is 9.59. The number of Topliss-reactive ketones (excluding diaryl/α,β-unsaturated/α-hetero) is 1. The zero-order valence-electron chi connectivity index (χ0n) is 16.5. The summed E-state index contributed by atoms with van der Waals surface area (Å²) in [5.74, 6) is 0.119. The van der Waals surface area contributed by atoms with Crippen LogP contribution in [0.2, 0.25) is 0 Å². The van der Waals surface area contributed by atoms with Gasteiger partial charge in [0.2, 0.25) is 5.78 Å². The monoisotopic (exact) mass is 440 g/mol. The molecule has 6 nitrogen and oxygen atoms in total. The molecule has 30 heavy (non-hydrogen) atoms. The summed E-state index contributed by atoms with van der Waals surface area (Å²) in [6.07, 6.45) is 1.26. The first-order valence-corrected chi connectivity index (χ1v) is 11.5. The molecule has 1 aromatic heterocycles. The number of carbonyl (C=O) groups is 1. The molecule has 0 atom stereocenters. The Morgan fingerprint density at radius 1 is 1.13 bits per heavy atom. The number of benzene rings is 2. The fourth-order valence-electron chi connectivity index (χ4n) is 3.18. The van der Waals surface area contributed by atoms with Gasteiger partial charge in [-0.3, -0.25) is 9.10 Å². The Labute approximate surface area is 179 Å². The van der Waals surface area contributed by atoms with E-state index in [0.29, 0.717) is 22.0 Å². The van der Waals surface area contributed by atoms with Crippen molar-refractivity contribution < 1.29 is 17.9 Å². The van der Waals surface area contributed by atoms with Crippen LogP contribution < -0.4 is 14.4 Å². The summed E-state index contributed by atoms with van der Waals surface area (Å²) >= 11 is 1.24. The minimum Gasteiger partial charge on any atom is -0.497 e. The Morgan fingerprint density at radius 3 is 2.63 bits per heavy atom. The van der Waals surface area contributed by atoms with Gasteiger partial charge in [-0.05, 0) is 36.1 Å². The van der Waals surface area contributed by atoms with Gasteiger partial charge in [0.05, 0.1) is 19.3 Å². The fourth-order valence-corrected chi connectivity index (χ4v) is 5.66. The van der Waals surface area contributed by atoms with E-state index < -0.39 is 15.8 Å². The van der Waals surface area contributed by atoms with E-state index in [9.17, 15) is 13.2 Å². The van der Waals surface area contributed by atoms with E-state index in [1.165, 1.54) is 21.8 Å². The number of carbonyl (C=O) groups excluding carboxylic acids is 1. The zero-order chi connectivity index (χ0) is 21.3. The van der Waals surface area contributed by atoms with Gasteiger partial charge in [-0.2, -0.15) is 0 Å². The van der Waals surface area contributed by atoms with Crippen molar-refractivity contribution in [3.63, 3.8) is 0 Å². The average molecular weight is 441 g/mol. The van der Waals surface area contributed by atoms with E-state index in [2.05, 4.69) is 5.32 Å². The van der Waals surface area contributed by atoms with E-state index in [0.717, 1.165) is 11.1 Å². The van der Waals surface area contributed by atoms with Gasteiger partial charge in [-0.1, -0.05) is 35.9 Å². The summed E-state index contributed by atoms with van der Waals surface area (Å²) in [7, 11) is -2.48. The van der Waals surface area contributed by atoms with Gasteiger partial charge in [-0.25, -0.2) is 8.42 Å². The molecule has 0 aliphatic carbocycles. The molecule has 1 aliphatic heterocycles. The SMILES string of the molecule is COc1cccc(N/C=C2/C(=O)c3sccc3N(Cc3ccc(C)cc3)S2(=O)=O)c1. The lowest BCUT2D eigenvalue weighted by molar-refractivity contribution is 0.104. The number of hydrogen-bond donors (Lipinski definition) is 1. The molecule has 3 aromatic rings. The van der Waals surface area contributed by atoms with Crippen LogP contribution in [0.3, 0.4) is 0 Å². The molecule has 0 fully saturated rings. The summed E-state index contributed by atoms with van der Waals surface area (Å²) in [5.41, 5.74) is 2.97. The lowest BCUT2D eigenvalue weighted by Gasteiger charge is -2.29. The molecule has 1 aliphatic rings. The minimum absolute atomic E-state index is 0.149. The molecular weight excluding hydrogens is 420 g/mol. The molecule has 0 saturated heterocycles. The fraction of sp³-hybridized carbons (Fsp3) is 0.136. The molecular formula is C22H20N2O4S2. The summed E-state index contributed by atoms with van der Waals surface area (Å²) in [5, 5.41) is 4.66. The van der Waals surface area contributed by atoms with Gasteiger partial charge < -0.3 is 10.1 Å². The molecule has 0 amide bonds. The van der Waals surface area contributed by atoms with Crippen LogP contribution in [0.4, 0.5) is 11.4 Å². The Hall–Kier alpha value is -3.10. The molecule has 4 rings (SSSR count).